The van der Waals surface area contributed by atoms with Crippen LogP contribution >= 0.6 is 0 Å². The third-order valence-electron chi connectivity index (χ3n) is 3.40. The molecule has 1 aliphatic rings. The van der Waals surface area contributed by atoms with Gasteiger partial charge in [-0.3, -0.25) is 0 Å². The largest absolute Gasteiger partial charge is 0.307 e. The van der Waals surface area contributed by atoms with Crippen molar-refractivity contribution >= 4 is 0 Å². The molecule has 5 nitrogen and oxygen atoms in total. The van der Waals surface area contributed by atoms with Gasteiger partial charge < -0.3 is 5.32 Å². The van der Waals surface area contributed by atoms with Gasteiger partial charge in [0.25, 0.3) is 0 Å². The van der Waals surface area contributed by atoms with E-state index in [1.54, 1.807) is 12.1 Å². The normalized spacial score (nSPS) is 22.7. The Balaban J connectivity index is 1.48. The summed E-state index contributed by atoms with van der Waals surface area (Å²) in [6.07, 6.45) is 2.06. The van der Waals surface area contributed by atoms with Gasteiger partial charge in [0.2, 0.25) is 0 Å². The fourth-order valence-electron chi connectivity index (χ4n) is 2.31. The molecule has 94 valence electrons. The molecule has 3 rings (SSSR count). The Bertz CT molecular complexity index is 507. The van der Waals surface area contributed by atoms with Crippen molar-refractivity contribution in [1.29, 1.82) is 0 Å². The SMILES string of the molecule is Fc1cccc(C2CC(NCc3nn[nH]n3)C2)c1. The van der Waals surface area contributed by atoms with Gasteiger partial charge in [0.05, 0.1) is 6.54 Å². The van der Waals surface area contributed by atoms with Crippen LogP contribution in [0.4, 0.5) is 4.39 Å². The molecule has 0 atom stereocenters. The van der Waals surface area contributed by atoms with Crippen molar-refractivity contribution in [1.82, 2.24) is 25.9 Å². The Labute approximate surface area is 104 Å². The summed E-state index contributed by atoms with van der Waals surface area (Å²) in [5.41, 5.74) is 1.09. The fourth-order valence-corrected chi connectivity index (χ4v) is 2.31. The molecule has 2 N–H and O–H groups in total. The molecule has 1 aromatic heterocycles. The summed E-state index contributed by atoms with van der Waals surface area (Å²) >= 11 is 0. The quantitative estimate of drug-likeness (QED) is 0.856. The molecule has 1 aromatic carbocycles. The van der Waals surface area contributed by atoms with Crippen molar-refractivity contribution in [3.05, 3.63) is 41.5 Å². The lowest BCUT2D eigenvalue weighted by Crippen LogP contribution is -2.39. The molecule has 2 aromatic rings. The van der Waals surface area contributed by atoms with Gasteiger partial charge in [-0.2, -0.15) is 5.21 Å². The third-order valence-corrected chi connectivity index (χ3v) is 3.40. The van der Waals surface area contributed by atoms with E-state index < -0.39 is 0 Å². The smallest absolute Gasteiger partial charge is 0.188 e. The van der Waals surface area contributed by atoms with Crippen LogP contribution in [0.3, 0.4) is 0 Å². The van der Waals surface area contributed by atoms with Crippen molar-refractivity contribution in [2.75, 3.05) is 0 Å². The van der Waals surface area contributed by atoms with E-state index in [9.17, 15) is 4.39 Å². The Morgan fingerprint density at radius 1 is 1.39 bits per heavy atom. The maximum Gasteiger partial charge on any atom is 0.188 e. The molecule has 0 spiro atoms. The molecule has 0 amide bonds. The summed E-state index contributed by atoms with van der Waals surface area (Å²) in [4.78, 5) is 0. The molecule has 6 heteroatoms. The second-order valence-corrected chi connectivity index (χ2v) is 4.63. The lowest BCUT2D eigenvalue weighted by Gasteiger charge is -2.36. The first-order valence-electron chi connectivity index (χ1n) is 6.02. The number of hydrogen-bond donors (Lipinski definition) is 2. The minimum atomic E-state index is -0.157. The van der Waals surface area contributed by atoms with Gasteiger partial charge in [0, 0.05) is 6.04 Å². The number of nitrogens with zero attached hydrogens (tertiary/aromatic N) is 3. The van der Waals surface area contributed by atoms with Crippen molar-refractivity contribution in [2.45, 2.75) is 31.3 Å². The van der Waals surface area contributed by atoms with Crippen LogP contribution in [0, 0.1) is 5.82 Å². The lowest BCUT2D eigenvalue weighted by molar-refractivity contribution is 0.287. The van der Waals surface area contributed by atoms with E-state index in [-0.39, 0.29) is 5.82 Å². The number of hydrogen-bond acceptors (Lipinski definition) is 4. The van der Waals surface area contributed by atoms with E-state index in [1.165, 1.54) is 6.07 Å². The maximum absolute atomic E-state index is 13.1. The summed E-state index contributed by atoms with van der Waals surface area (Å²) in [7, 11) is 0. The van der Waals surface area contributed by atoms with Gasteiger partial charge in [-0.1, -0.05) is 17.3 Å². The molecule has 1 saturated carbocycles. The molecule has 0 aliphatic heterocycles. The molecular weight excluding hydrogens is 233 g/mol. The van der Waals surface area contributed by atoms with Crippen molar-refractivity contribution in [3.8, 4) is 0 Å². The van der Waals surface area contributed by atoms with Crippen LogP contribution in [-0.4, -0.2) is 26.7 Å². The average Bonchev–Trinajstić information content (AvgIpc) is 2.80. The number of tetrazole rings is 1. The number of aromatic nitrogens is 4. The Morgan fingerprint density at radius 3 is 3.00 bits per heavy atom. The molecular formula is C12H14FN5. The molecule has 18 heavy (non-hydrogen) atoms. The number of rotatable bonds is 4. The maximum atomic E-state index is 13.1. The molecule has 0 unspecified atom stereocenters. The molecule has 0 saturated heterocycles. The van der Waals surface area contributed by atoms with E-state index in [2.05, 4.69) is 25.9 Å². The second-order valence-electron chi connectivity index (χ2n) is 4.63. The summed E-state index contributed by atoms with van der Waals surface area (Å²) in [5, 5.41) is 17.0. The highest BCUT2D eigenvalue weighted by molar-refractivity contribution is 5.23. The summed E-state index contributed by atoms with van der Waals surface area (Å²) in [6.45, 7) is 0.622. The van der Waals surface area contributed by atoms with E-state index in [0.29, 0.717) is 24.3 Å². The molecule has 0 radical (unpaired) electrons. The third kappa shape index (κ3) is 2.38. The fraction of sp³-hybridized carbons (Fsp3) is 0.417. The second kappa shape index (κ2) is 4.81. The zero-order valence-electron chi connectivity index (χ0n) is 9.81. The number of aromatic amines is 1. The predicted molar refractivity (Wildman–Crippen MR) is 63.2 cm³/mol. The monoisotopic (exact) mass is 247 g/mol. The zero-order chi connectivity index (χ0) is 12.4. The van der Waals surface area contributed by atoms with Crippen LogP contribution in [0.25, 0.3) is 0 Å². The highest BCUT2D eigenvalue weighted by Crippen LogP contribution is 2.36. The van der Waals surface area contributed by atoms with E-state index in [0.717, 1.165) is 18.4 Å². The predicted octanol–water partition coefficient (Wildman–Crippen LogP) is 1.37. The van der Waals surface area contributed by atoms with Gasteiger partial charge in [0.1, 0.15) is 5.82 Å². The Hall–Kier alpha value is -1.82. The van der Waals surface area contributed by atoms with E-state index in [1.807, 2.05) is 6.07 Å². The Kier molecular flexibility index (Phi) is 3.02. The first kappa shape index (κ1) is 11.3. The van der Waals surface area contributed by atoms with Crippen molar-refractivity contribution < 1.29 is 4.39 Å². The minimum absolute atomic E-state index is 0.157. The first-order valence-corrected chi connectivity index (χ1v) is 6.02. The Morgan fingerprint density at radius 2 is 2.28 bits per heavy atom. The highest BCUT2D eigenvalue weighted by Gasteiger charge is 2.30. The van der Waals surface area contributed by atoms with Gasteiger partial charge in [-0.05, 0) is 36.5 Å². The summed E-state index contributed by atoms with van der Waals surface area (Å²) in [5.74, 6) is 0.975. The summed E-state index contributed by atoms with van der Waals surface area (Å²) < 4.78 is 13.1. The van der Waals surface area contributed by atoms with Crippen LogP contribution < -0.4 is 5.32 Å². The van der Waals surface area contributed by atoms with Crippen LogP contribution in [0.15, 0.2) is 24.3 Å². The van der Waals surface area contributed by atoms with Crippen molar-refractivity contribution in [3.63, 3.8) is 0 Å². The number of nitrogens with one attached hydrogen (secondary N) is 2. The van der Waals surface area contributed by atoms with Gasteiger partial charge in [-0.15, -0.1) is 10.2 Å². The number of benzene rings is 1. The van der Waals surface area contributed by atoms with Gasteiger partial charge in [0.15, 0.2) is 5.82 Å². The molecule has 1 fully saturated rings. The highest BCUT2D eigenvalue weighted by atomic mass is 19.1. The first-order chi connectivity index (χ1) is 8.81. The van der Waals surface area contributed by atoms with E-state index in [4.69, 9.17) is 0 Å². The summed E-state index contributed by atoms with van der Waals surface area (Å²) in [6, 6.07) is 7.32. The molecule has 0 bridgehead atoms. The molecule has 1 aliphatic carbocycles. The van der Waals surface area contributed by atoms with Crippen LogP contribution in [0.1, 0.15) is 30.1 Å². The van der Waals surface area contributed by atoms with Gasteiger partial charge >= 0.3 is 0 Å². The number of H-pyrrole nitrogens is 1. The average molecular weight is 247 g/mol. The van der Waals surface area contributed by atoms with Gasteiger partial charge in [-0.25, -0.2) is 4.39 Å². The van der Waals surface area contributed by atoms with Crippen LogP contribution in [-0.2, 0) is 6.54 Å². The number of halogens is 1. The van der Waals surface area contributed by atoms with Crippen LogP contribution in [0.2, 0.25) is 0 Å². The topological polar surface area (TPSA) is 66.5 Å². The minimum Gasteiger partial charge on any atom is -0.307 e. The van der Waals surface area contributed by atoms with E-state index >= 15 is 0 Å². The van der Waals surface area contributed by atoms with Crippen LogP contribution in [0.5, 0.6) is 0 Å². The zero-order valence-corrected chi connectivity index (χ0v) is 9.81. The lowest BCUT2D eigenvalue weighted by atomic mass is 9.76. The standard InChI is InChI=1S/C12H14FN5/c13-10-3-1-2-8(4-10)9-5-11(6-9)14-7-12-15-17-18-16-12/h1-4,9,11,14H,5-7H2,(H,15,16,17,18). The molecule has 1 heterocycles. The van der Waals surface area contributed by atoms with Crippen molar-refractivity contribution in [2.24, 2.45) is 0 Å².